The van der Waals surface area contributed by atoms with Crippen LogP contribution in [-0.2, 0) is 13.5 Å². The lowest BCUT2D eigenvalue weighted by molar-refractivity contribution is 0.539. The molecular formula is C13H15N5S. The molecule has 1 atom stereocenters. The number of aromatic nitrogens is 3. The number of hydrazine groups is 1. The molecule has 2 aromatic heterocycles. The van der Waals surface area contributed by atoms with Gasteiger partial charge in [-0.05, 0) is 12.1 Å². The molecule has 0 saturated carbocycles. The van der Waals surface area contributed by atoms with Gasteiger partial charge in [-0.3, -0.25) is 16.3 Å². The van der Waals surface area contributed by atoms with Gasteiger partial charge in [0, 0.05) is 24.5 Å². The van der Waals surface area contributed by atoms with Crippen molar-refractivity contribution in [2.75, 3.05) is 0 Å². The first-order valence-corrected chi connectivity index (χ1v) is 6.92. The number of thiazole rings is 1. The summed E-state index contributed by atoms with van der Waals surface area (Å²) in [6.07, 6.45) is 2.59. The fourth-order valence-corrected chi connectivity index (χ4v) is 2.88. The highest BCUT2D eigenvalue weighted by Gasteiger charge is 2.16. The van der Waals surface area contributed by atoms with E-state index in [1.165, 1.54) is 0 Å². The van der Waals surface area contributed by atoms with Crippen LogP contribution in [0.25, 0.3) is 11.0 Å². The van der Waals surface area contributed by atoms with E-state index < -0.39 is 0 Å². The highest BCUT2D eigenvalue weighted by atomic mass is 32.1. The molecule has 2 heterocycles. The van der Waals surface area contributed by atoms with Gasteiger partial charge >= 0.3 is 0 Å². The Morgan fingerprint density at radius 3 is 2.95 bits per heavy atom. The maximum Gasteiger partial charge on any atom is 0.111 e. The monoisotopic (exact) mass is 273 g/mol. The van der Waals surface area contributed by atoms with Gasteiger partial charge in [0.15, 0.2) is 0 Å². The van der Waals surface area contributed by atoms with Crippen molar-refractivity contribution in [1.82, 2.24) is 20.0 Å². The lowest BCUT2D eigenvalue weighted by Gasteiger charge is -2.13. The van der Waals surface area contributed by atoms with Crippen molar-refractivity contribution in [3.63, 3.8) is 0 Å². The third kappa shape index (κ3) is 2.25. The van der Waals surface area contributed by atoms with E-state index in [1.54, 1.807) is 11.3 Å². The minimum absolute atomic E-state index is 0.0445. The number of benzene rings is 1. The van der Waals surface area contributed by atoms with Gasteiger partial charge in [0.1, 0.15) is 5.82 Å². The predicted octanol–water partition coefficient (Wildman–Crippen LogP) is 1.78. The van der Waals surface area contributed by atoms with Crippen LogP contribution in [0.4, 0.5) is 0 Å². The smallest absolute Gasteiger partial charge is 0.111 e. The first-order chi connectivity index (χ1) is 9.29. The summed E-state index contributed by atoms with van der Waals surface area (Å²) in [6.45, 7) is 0. The molecule has 6 heteroatoms. The molecule has 3 N–H and O–H groups in total. The number of hydrogen-bond acceptors (Lipinski definition) is 5. The maximum atomic E-state index is 5.65. The molecule has 0 amide bonds. The Kier molecular flexibility index (Phi) is 3.29. The van der Waals surface area contributed by atoms with Crippen molar-refractivity contribution in [2.24, 2.45) is 12.9 Å². The van der Waals surface area contributed by atoms with Crippen LogP contribution >= 0.6 is 11.3 Å². The van der Waals surface area contributed by atoms with Gasteiger partial charge in [-0.2, -0.15) is 0 Å². The molecule has 3 aromatic rings. The van der Waals surface area contributed by atoms with Crippen LogP contribution in [0.5, 0.6) is 0 Å². The van der Waals surface area contributed by atoms with Crippen LogP contribution < -0.4 is 11.3 Å². The van der Waals surface area contributed by atoms with Crippen LogP contribution in [0.3, 0.4) is 0 Å². The molecule has 0 spiro atoms. The van der Waals surface area contributed by atoms with E-state index in [0.717, 1.165) is 28.2 Å². The van der Waals surface area contributed by atoms with Crippen LogP contribution in [0.15, 0.2) is 36.0 Å². The van der Waals surface area contributed by atoms with Gasteiger partial charge < -0.3 is 4.57 Å². The Morgan fingerprint density at radius 2 is 2.26 bits per heavy atom. The molecule has 98 valence electrons. The molecule has 5 nitrogen and oxygen atoms in total. The molecule has 0 fully saturated rings. The van der Waals surface area contributed by atoms with E-state index in [1.807, 2.05) is 37.0 Å². The van der Waals surface area contributed by atoms with Crippen LogP contribution in [0, 0.1) is 0 Å². The number of fused-ring (bicyclic) bond motifs is 1. The third-order valence-electron chi connectivity index (χ3n) is 3.26. The minimum Gasteiger partial charge on any atom is -0.331 e. The molecular weight excluding hydrogens is 258 g/mol. The van der Waals surface area contributed by atoms with Crippen LogP contribution in [0.1, 0.15) is 16.7 Å². The first-order valence-electron chi connectivity index (χ1n) is 6.04. The zero-order chi connectivity index (χ0) is 13.2. The number of hydrogen-bond donors (Lipinski definition) is 2. The number of rotatable bonds is 4. The number of imidazole rings is 1. The van der Waals surface area contributed by atoms with E-state index in [-0.39, 0.29) is 6.04 Å². The Bertz CT molecular complexity index is 673. The lowest BCUT2D eigenvalue weighted by atomic mass is 10.2. The van der Waals surface area contributed by atoms with Gasteiger partial charge in [-0.15, -0.1) is 11.3 Å². The molecule has 0 radical (unpaired) electrons. The van der Waals surface area contributed by atoms with Crippen LogP contribution in [0.2, 0.25) is 0 Å². The van der Waals surface area contributed by atoms with Crippen molar-refractivity contribution < 1.29 is 0 Å². The third-order valence-corrected chi connectivity index (χ3v) is 4.15. The zero-order valence-electron chi connectivity index (χ0n) is 10.6. The fraction of sp³-hybridized carbons (Fsp3) is 0.231. The molecule has 0 bridgehead atoms. The molecule has 1 unspecified atom stereocenters. The summed E-state index contributed by atoms with van der Waals surface area (Å²) in [6, 6.07) is 8.17. The van der Waals surface area contributed by atoms with E-state index in [2.05, 4.69) is 26.0 Å². The minimum atomic E-state index is 0.0445. The van der Waals surface area contributed by atoms with Gasteiger partial charge in [0.25, 0.3) is 0 Å². The van der Waals surface area contributed by atoms with Crippen molar-refractivity contribution in [3.8, 4) is 0 Å². The molecule has 0 saturated heterocycles. The number of nitrogens with zero attached hydrogens (tertiary/aromatic N) is 3. The molecule has 0 aliphatic carbocycles. The second-order valence-electron chi connectivity index (χ2n) is 4.40. The average molecular weight is 273 g/mol. The summed E-state index contributed by atoms with van der Waals surface area (Å²) in [5.41, 5.74) is 6.81. The van der Waals surface area contributed by atoms with E-state index in [4.69, 9.17) is 5.84 Å². The van der Waals surface area contributed by atoms with E-state index >= 15 is 0 Å². The molecule has 0 aliphatic rings. The second-order valence-corrected chi connectivity index (χ2v) is 5.32. The normalized spacial score (nSPS) is 12.9. The average Bonchev–Trinajstić information content (AvgIpc) is 3.06. The number of nitrogens with two attached hydrogens (primary N) is 1. The fourth-order valence-electron chi connectivity index (χ4n) is 2.20. The topological polar surface area (TPSA) is 68.8 Å². The molecule has 1 aromatic carbocycles. The SMILES string of the molecule is Cn1c(CC(NN)c2cncs2)nc2ccccc21. The summed E-state index contributed by atoms with van der Waals surface area (Å²) in [5.74, 6) is 6.66. The summed E-state index contributed by atoms with van der Waals surface area (Å²) in [5, 5.41) is 0. The summed E-state index contributed by atoms with van der Waals surface area (Å²) in [7, 11) is 2.03. The number of para-hydroxylation sites is 2. The summed E-state index contributed by atoms with van der Waals surface area (Å²) >= 11 is 1.60. The number of aryl methyl sites for hydroxylation is 1. The van der Waals surface area contributed by atoms with Crippen molar-refractivity contribution in [1.29, 1.82) is 0 Å². The van der Waals surface area contributed by atoms with Crippen LogP contribution in [-0.4, -0.2) is 14.5 Å². The second kappa shape index (κ2) is 5.08. The highest BCUT2D eigenvalue weighted by Crippen LogP contribution is 2.22. The summed E-state index contributed by atoms with van der Waals surface area (Å²) in [4.78, 5) is 9.88. The largest absolute Gasteiger partial charge is 0.331 e. The maximum absolute atomic E-state index is 5.65. The highest BCUT2D eigenvalue weighted by molar-refractivity contribution is 7.09. The lowest BCUT2D eigenvalue weighted by Crippen LogP contribution is -2.29. The van der Waals surface area contributed by atoms with Crippen molar-refractivity contribution in [2.45, 2.75) is 12.5 Å². The Labute approximate surface area is 115 Å². The first kappa shape index (κ1) is 12.3. The van der Waals surface area contributed by atoms with Gasteiger partial charge in [-0.1, -0.05) is 12.1 Å². The standard InChI is InChI=1S/C13H15N5S/c1-18-11-5-3-2-4-9(11)16-13(18)6-10(17-14)12-7-15-8-19-12/h2-5,7-8,10,17H,6,14H2,1H3. The van der Waals surface area contributed by atoms with Crippen molar-refractivity contribution >= 4 is 22.4 Å². The Balaban J connectivity index is 1.94. The molecule has 0 aliphatic heterocycles. The quantitative estimate of drug-likeness (QED) is 0.561. The van der Waals surface area contributed by atoms with Gasteiger partial charge in [0.05, 0.1) is 22.6 Å². The predicted molar refractivity (Wildman–Crippen MR) is 76.6 cm³/mol. The van der Waals surface area contributed by atoms with Crippen molar-refractivity contribution in [3.05, 3.63) is 46.7 Å². The van der Waals surface area contributed by atoms with Gasteiger partial charge in [-0.25, -0.2) is 4.98 Å². The van der Waals surface area contributed by atoms with Gasteiger partial charge in [0.2, 0.25) is 0 Å². The molecule has 19 heavy (non-hydrogen) atoms. The van der Waals surface area contributed by atoms with E-state index in [0.29, 0.717) is 0 Å². The molecule has 3 rings (SSSR count). The number of nitrogens with one attached hydrogen (secondary N) is 1. The summed E-state index contributed by atoms with van der Waals surface area (Å²) < 4.78 is 2.11. The van der Waals surface area contributed by atoms with E-state index in [9.17, 15) is 0 Å². The Morgan fingerprint density at radius 1 is 1.42 bits per heavy atom. The Hall–Kier alpha value is -1.76. The zero-order valence-corrected chi connectivity index (χ0v) is 11.4.